The number of likely N-dealkylation sites (tertiary alicyclic amines) is 1. The molecule has 8 nitrogen and oxygen atoms in total. The molecule has 2 aliphatic rings. The maximum atomic E-state index is 12.7. The van der Waals surface area contributed by atoms with Gasteiger partial charge in [-0.15, -0.1) is 0 Å². The number of rotatable bonds is 5. The van der Waals surface area contributed by atoms with Gasteiger partial charge in [-0.25, -0.2) is 14.8 Å². The normalized spacial score (nSPS) is 19.9. The van der Waals surface area contributed by atoms with Crippen LogP contribution in [-0.4, -0.2) is 39.1 Å². The lowest BCUT2D eigenvalue weighted by molar-refractivity contribution is 0.0330. The van der Waals surface area contributed by atoms with E-state index in [-0.39, 0.29) is 11.6 Å². The predicted molar refractivity (Wildman–Crippen MR) is 112 cm³/mol. The van der Waals surface area contributed by atoms with E-state index in [4.69, 9.17) is 9.47 Å². The summed E-state index contributed by atoms with van der Waals surface area (Å²) in [6.45, 7) is 3.09. The van der Waals surface area contributed by atoms with Gasteiger partial charge in [0.05, 0.1) is 6.04 Å². The van der Waals surface area contributed by atoms with E-state index in [1.807, 2.05) is 25.1 Å². The molecule has 156 valence electrons. The summed E-state index contributed by atoms with van der Waals surface area (Å²) < 4.78 is 11.3. The molecule has 1 amide bonds. The van der Waals surface area contributed by atoms with Crippen molar-refractivity contribution in [3.63, 3.8) is 0 Å². The van der Waals surface area contributed by atoms with E-state index in [0.717, 1.165) is 25.7 Å². The molecule has 1 aliphatic carbocycles. The third kappa shape index (κ3) is 3.37. The average molecular weight is 426 g/mol. The van der Waals surface area contributed by atoms with Crippen LogP contribution in [0.15, 0.2) is 35.1 Å². The summed E-state index contributed by atoms with van der Waals surface area (Å²) in [4.78, 5) is 39.7. The third-order valence-corrected chi connectivity index (χ3v) is 6.61. The lowest BCUT2D eigenvalue weighted by Crippen LogP contribution is -2.33. The lowest BCUT2D eigenvalue weighted by atomic mass is 10.2. The Morgan fingerprint density at radius 2 is 2.10 bits per heavy atom. The first-order chi connectivity index (χ1) is 14.6. The number of nitrogens with zero attached hydrogens (tertiary/aromatic N) is 3. The fourth-order valence-corrected chi connectivity index (χ4v) is 5.02. The van der Waals surface area contributed by atoms with Crippen LogP contribution < -0.4 is 10.3 Å². The van der Waals surface area contributed by atoms with Crippen LogP contribution in [0.4, 0.5) is 4.79 Å². The van der Waals surface area contributed by atoms with E-state index in [9.17, 15) is 9.59 Å². The lowest BCUT2D eigenvalue weighted by Gasteiger charge is -2.22. The molecule has 2 aromatic heterocycles. The number of aromatic amines is 1. The highest BCUT2D eigenvalue weighted by molar-refractivity contribution is 7.18. The maximum Gasteiger partial charge on any atom is 0.415 e. The van der Waals surface area contributed by atoms with Crippen molar-refractivity contribution >= 4 is 27.8 Å². The van der Waals surface area contributed by atoms with Gasteiger partial charge in [0.25, 0.3) is 5.56 Å². The van der Waals surface area contributed by atoms with E-state index >= 15 is 0 Å². The number of aromatic nitrogens is 3. The fraction of sp³-hybridized carbons (Fsp3) is 0.429. The molecule has 5 rings (SSSR count). The van der Waals surface area contributed by atoms with Crippen molar-refractivity contribution in [2.45, 2.75) is 44.2 Å². The molecule has 1 unspecified atom stereocenters. The number of amides is 1. The topological polar surface area (TPSA) is 97.4 Å². The van der Waals surface area contributed by atoms with Gasteiger partial charge in [0.15, 0.2) is 10.3 Å². The van der Waals surface area contributed by atoms with Crippen LogP contribution in [0.2, 0.25) is 0 Å². The van der Waals surface area contributed by atoms with E-state index in [2.05, 4.69) is 15.0 Å². The predicted octanol–water partition coefficient (Wildman–Crippen LogP) is 3.74. The van der Waals surface area contributed by atoms with Gasteiger partial charge in [-0.2, -0.15) is 0 Å². The molecule has 1 saturated carbocycles. The molecular weight excluding hydrogens is 404 g/mol. The largest absolute Gasteiger partial charge is 0.415 e. The van der Waals surface area contributed by atoms with Crippen LogP contribution in [0.3, 0.4) is 0 Å². The minimum absolute atomic E-state index is 0.218. The second-order valence-electron chi connectivity index (χ2n) is 7.58. The van der Waals surface area contributed by atoms with E-state index in [0.29, 0.717) is 40.1 Å². The van der Waals surface area contributed by atoms with Gasteiger partial charge >= 0.3 is 6.09 Å². The zero-order valence-electron chi connectivity index (χ0n) is 16.6. The van der Waals surface area contributed by atoms with E-state index in [1.165, 1.54) is 11.3 Å². The second-order valence-corrected chi connectivity index (χ2v) is 8.59. The molecule has 30 heavy (non-hydrogen) atoms. The van der Waals surface area contributed by atoms with Crippen molar-refractivity contribution in [2.24, 2.45) is 0 Å². The molecule has 0 spiro atoms. The van der Waals surface area contributed by atoms with Crippen LogP contribution in [0.5, 0.6) is 5.75 Å². The molecule has 1 saturated heterocycles. The smallest absolute Gasteiger partial charge is 0.410 e. The summed E-state index contributed by atoms with van der Waals surface area (Å²) in [7, 11) is 0. The fourth-order valence-electron chi connectivity index (χ4n) is 3.94. The molecule has 1 aromatic carbocycles. The summed E-state index contributed by atoms with van der Waals surface area (Å²) in [5.74, 6) is 1.08. The van der Waals surface area contributed by atoms with E-state index < -0.39 is 11.7 Å². The zero-order chi connectivity index (χ0) is 20.7. The molecule has 0 radical (unpaired) electrons. The zero-order valence-corrected chi connectivity index (χ0v) is 17.4. The van der Waals surface area contributed by atoms with Gasteiger partial charge in [0, 0.05) is 13.2 Å². The Morgan fingerprint density at radius 1 is 1.30 bits per heavy atom. The molecule has 3 heterocycles. The number of thiazole rings is 1. The number of ether oxygens (including phenoxy) is 2. The quantitative estimate of drug-likeness (QED) is 0.667. The van der Waals surface area contributed by atoms with Crippen LogP contribution in [0.1, 0.15) is 49.5 Å². The van der Waals surface area contributed by atoms with Crippen LogP contribution >= 0.6 is 11.3 Å². The van der Waals surface area contributed by atoms with Gasteiger partial charge in [0.1, 0.15) is 22.2 Å². The van der Waals surface area contributed by atoms with Crippen molar-refractivity contribution in [2.75, 3.05) is 13.2 Å². The first kappa shape index (κ1) is 19.2. The van der Waals surface area contributed by atoms with Crippen molar-refractivity contribution in [1.82, 2.24) is 19.9 Å². The van der Waals surface area contributed by atoms with Gasteiger partial charge in [-0.05, 0) is 44.7 Å². The molecule has 9 heteroatoms. The Kier molecular flexibility index (Phi) is 4.79. The second kappa shape index (κ2) is 7.48. The van der Waals surface area contributed by atoms with Crippen LogP contribution in [0.25, 0.3) is 10.3 Å². The van der Waals surface area contributed by atoms with Crippen molar-refractivity contribution in [3.05, 3.63) is 51.5 Å². The number of carbonyl (C=O) groups is 1. The number of H-pyrrole nitrogens is 1. The Labute approximate surface area is 176 Å². The molecule has 3 aromatic rings. The van der Waals surface area contributed by atoms with Crippen molar-refractivity contribution in [1.29, 1.82) is 0 Å². The Hall–Kier alpha value is -2.78. The maximum absolute atomic E-state index is 12.7. The SMILES string of the molecule is CCOC1(c2nc3sc(C4CCCN4C(=O)Oc4ccccc4)nc3c(=O)[nH]2)CC1. The summed E-state index contributed by atoms with van der Waals surface area (Å²) in [6.07, 6.45) is 2.93. The summed E-state index contributed by atoms with van der Waals surface area (Å²) in [5.41, 5.74) is -0.417. The summed E-state index contributed by atoms with van der Waals surface area (Å²) in [6, 6.07) is 8.79. The Morgan fingerprint density at radius 3 is 2.83 bits per heavy atom. The van der Waals surface area contributed by atoms with Crippen molar-refractivity contribution < 1.29 is 14.3 Å². The van der Waals surface area contributed by atoms with Gasteiger partial charge in [-0.1, -0.05) is 29.5 Å². The number of fused-ring (bicyclic) bond motifs is 1. The molecule has 1 aliphatic heterocycles. The summed E-state index contributed by atoms with van der Waals surface area (Å²) >= 11 is 1.37. The number of para-hydroxylation sites is 1. The number of hydrogen-bond acceptors (Lipinski definition) is 7. The van der Waals surface area contributed by atoms with Crippen LogP contribution in [-0.2, 0) is 10.3 Å². The minimum atomic E-state index is -0.467. The molecular formula is C21H22N4O4S. The highest BCUT2D eigenvalue weighted by Gasteiger charge is 2.48. The molecule has 1 atom stereocenters. The highest BCUT2D eigenvalue weighted by Crippen LogP contribution is 2.47. The number of hydrogen-bond donors (Lipinski definition) is 1. The standard InChI is InChI=1S/C21H22N4O4S/c1-2-28-21(10-11-21)19-23-16(26)15-18(24-19)30-17(22-15)14-9-6-12-25(14)20(27)29-13-7-4-3-5-8-13/h3-5,7-8,14H,2,6,9-12H2,1H3,(H,23,24,26). The average Bonchev–Trinajstić information content (AvgIpc) is 3.17. The Bertz CT molecular complexity index is 1140. The van der Waals surface area contributed by atoms with Crippen molar-refractivity contribution in [3.8, 4) is 5.75 Å². The first-order valence-corrected chi connectivity index (χ1v) is 11.0. The van der Waals surface area contributed by atoms with Gasteiger partial charge in [-0.3, -0.25) is 9.69 Å². The van der Waals surface area contributed by atoms with Gasteiger partial charge < -0.3 is 14.5 Å². The van der Waals surface area contributed by atoms with Gasteiger partial charge in [0.2, 0.25) is 0 Å². The third-order valence-electron chi connectivity index (χ3n) is 5.56. The number of benzene rings is 1. The molecule has 0 bridgehead atoms. The number of nitrogens with one attached hydrogen (secondary N) is 1. The molecule has 1 N–H and O–H groups in total. The summed E-state index contributed by atoms with van der Waals surface area (Å²) in [5, 5.41) is 0.712. The van der Waals surface area contributed by atoms with E-state index in [1.54, 1.807) is 17.0 Å². The Balaban J connectivity index is 1.43. The first-order valence-electron chi connectivity index (χ1n) is 10.2. The number of carbonyl (C=O) groups excluding carboxylic acids is 1. The minimum Gasteiger partial charge on any atom is -0.410 e. The monoisotopic (exact) mass is 426 g/mol. The highest BCUT2D eigenvalue weighted by atomic mass is 32.1. The molecule has 2 fully saturated rings. The van der Waals surface area contributed by atoms with Crippen LogP contribution in [0, 0.1) is 0 Å².